The van der Waals surface area contributed by atoms with Gasteiger partial charge in [0.1, 0.15) is 5.69 Å². The molecule has 20 heavy (non-hydrogen) atoms. The lowest BCUT2D eigenvalue weighted by Gasteiger charge is -2.25. The predicted octanol–water partition coefficient (Wildman–Crippen LogP) is 2.69. The van der Waals surface area contributed by atoms with Gasteiger partial charge in [0.25, 0.3) is 5.91 Å². The van der Waals surface area contributed by atoms with E-state index in [0.717, 1.165) is 0 Å². The summed E-state index contributed by atoms with van der Waals surface area (Å²) in [5.74, 6) is -1.24. The first kappa shape index (κ1) is 16.6. The third-order valence-corrected chi connectivity index (χ3v) is 3.03. The monoisotopic (exact) mass is 300 g/mol. The molecule has 1 atom stereocenters. The van der Waals surface area contributed by atoms with E-state index in [1.807, 2.05) is 20.8 Å². The van der Waals surface area contributed by atoms with Crippen molar-refractivity contribution in [3.05, 3.63) is 23.0 Å². The van der Waals surface area contributed by atoms with E-state index in [1.54, 1.807) is 23.9 Å². The van der Waals surface area contributed by atoms with Crippen LogP contribution in [0.15, 0.2) is 12.3 Å². The van der Waals surface area contributed by atoms with E-state index < -0.39 is 12.0 Å². The van der Waals surface area contributed by atoms with Crippen LogP contribution in [0.1, 0.15) is 44.1 Å². The van der Waals surface area contributed by atoms with Crippen LogP contribution >= 0.6 is 11.6 Å². The molecule has 0 bridgehead atoms. The molecule has 0 aliphatic heterocycles. The molecular weight excluding hydrogens is 280 g/mol. The third-order valence-electron chi connectivity index (χ3n) is 2.82. The number of aliphatic carboxylic acids is 1. The maximum atomic E-state index is 12.2. The van der Waals surface area contributed by atoms with Crippen LogP contribution in [-0.2, 0) is 11.8 Å². The molecule has 1 rings (SSSR count). The van der Waals surface area contributed by atoms with Crippen molar-refractivity contribution in [1.82, 2.24) is 9.88 Å². The van der Waals surface area contributed by atoms with E-state index >= 15 is 0 Å². The molecule has 6 heteroatoms. The molecule has 0 saturated carbocycles. The number of nitrogens with zero attached hydrogens (tertiary/aromatic N) is 1. The Labute approximate surface area is 123 Å². The number of carboxylic acids is 1. The summed E-state index contributed by atoms with van der Waals surface area (Å²) >= 11 is 5.84. The summed E-state index contributed by atoms with van der Waals surface area (Å²) in [4.78, 5) is 23.1. The number of carbonyl (C=O) groups is 2. The molecule has 2 N–H and O–H groups in total. The number of hydrogen-bond donors (Lipinski definition) is 2. The molecule has 5 nitrogen and oxygen atoms in total. The summed E-state index contributed by atoms with van der Waals surface area (Å²) in [6.45, 7) is 6.02. The standard InChI is InChI=1S/C14H21ClN2O3/c1-14(2,3)7-10(6-12(18)19)16-13(20)11-5-9(15)8-17(11)4/h5,8,10H,6-7H2,1-4H3,(H,16,20)(H,18,19). The summed E-state index contributed by atoms with van der Waals surface area (Å²) in [7, 11) is 1.72. The van der Waals surface area contributed by atoms with Gasteiger partial charge in [0.05, 0.1) is 11.4 Å². The molecular formula is C14H21ClN2O3. The van der Waals surface area contributed by atoms with Crippen molar-refractivity contribution < 1.29 is 14.7 Å². The van der Waals surface area contributed by atoms with Crippen LogP contribution in [0.4, 0.5) is 0 Å². The lowest BCUT2D eigenvalue weighted by atomic mass is 9.87. The number of aryl methyl sites for hydroxylation is 1. The van der Waals surface area contributed by atoms with Crippen LogP contribution < -0.4 is 5.32 Å². The summed E-state index contributed by atoms with van der Waals surface area (Å²) in [5, 5.41) is 12.2. The summed E-state index contributed by atoms with van der Waals surface area (Å²) in [5.41, 5.74) is 0.346. The van der Waals surface area contributed by atoms with Crippen molar-refractivity contribution in [3.63, 3.8) is 0 Å². The second-order valence-corrected chi connectivity index (χ2v) is 6.62. The second-order valence-electron chi connectivity index (χ2n) is 6.19. The van der Waals surface area contributed by atoms with Gasteiger partial charge in [-0.2, -0.15) is 0 Å². The maximum Gasteiger partial charge on any atom is 0.305 e. The third kappa shape index (κ3) is 5.25. The van der Waals surface area contributed by atoms with Gasteiger partial charge in [0, 0.05) is 19.3 Å². The highest BCUT2D eigenvalue weighted by molar-refractivity contribution is 6.31. The van der Waals surface area contributed by atoms with Crippen molar-refractivity contribution in [2.45, 2.75) is 39.7 Å². The van der Waals surface area contributed by atoms with Crippen LogP contribution in [0.25, 0.3) is 0 Å². The first-order valence-corrected chi connectivity index (χ1v) is 6.81. The molecule has 0 aliphatic carbocycles. The fourth-order valence-electron chi connectivity index (χ4n) is 2.13. The number of nitrogens with one attached hydrogen (secondary N) is 1. The molecule has 1 amide bonds. The number of amides is 1. The number of rotatable bonds is 5. The number of hydrogen-bond acceptors (Lipinski definition) is 2. The Morgan fingerprint density at radius 2 is 2.05 bits per heavy atom. The van der Waals surface area contributed by atoms with E-state index in [4.69, 9.17) is 16.7 Å². The van der Waals surface area contributed by atoms with Gasteiger partial charge in [0.15, 0.2) is 0 Å². The van der Waals surface area contributed by atoms with Crippen LogP contribution in [0, 0.1) is 5.41 Å². The highest BCUT2D eigenvalue weighted by Gasteiger charge is 2.24. The molecule has 0 aliphatic rings. The smallest absolute Gasteiger partial charge is 0.305 e. The Bertz CT molecular complexity index is 503. The minimum absolute atomic E-state index is 0.0702. The zero-order valence-electron chi connectivity index (χ0n) is 12.2. The highest BCUT2D eigenvalue weighted by atomic mass is 35.5. The quantitative estimate of drug-likeness (QED) is 0.878. The fourth-order valence-corrected chi connectivity index (χ4v) is 2.38. The van der Waals surface area contributed by atoms with Crippen LogP contribution in [-0.4, -0.2) is 27.6 Å². The van der Waals surface area contributed by atoms with Gasteiger partial charge in [-0.25, -0.2) is 0 Å². The molecule has 0 radical (unpaired) electrons. The van der Waals surface area contributed by atoms with Crippen molar-refractivity contribution in [2.75, 3.05) is 0 Å². The largest absolute Gasteiger partial charge is 0.481 e. The second kappa shape index (κ2) is 6.31. The van der Waals surface area contributed by atoms with Crippen molar-refractivity contribution in [1.29, 1.82) is 0 Å². The number of halogens is 1. The van der Waals surface area contributed by atoms with Gasteiger partial charge in [-0.15, -0.1) is 0 Å². The molecule has 0 saturated heterocycles. The van der Waals surface area contributed by atoms with E-state index in [2.05, 4.69) is 5.32 Å². The normalized spacial score (nSPS) is 13.1. The summed E-state index contributed by atoms with van der Waals surface area (Å²) in [6, 6.07) is 1.15. The lowest BCUT2D eigenvalue weighted by Crippen LogP contribution is -2.39. The van der Waals surface area contributed by atoms with Gasteiger partial charge >= 0.3 is 5.97 Å². The first-order valence-electron chi connectivity index (χ1n) is 6.43. The molecule has 1 heterocycles. The number of aromatic nitrogens is 1. The summed E-state index contributed by atoms with van der Waals surface area (Å²) < 4.78 is 1.62. The zero-order chi connectivity index (χ0) is 15.5. The molecule has 1 aromatic rings. The molecule has 1 unspecified atom stereocenters. The van der Waals surface area contributed by atoms with E-state index in [1.165, 1.54) is 0 Å². The first-order chi connectivity index (χ1) is 9.08. The Balaban J connectivity index is 2.81. The van der Waals surface area contributed by atoms with Gasteiger partial charge in [0.2, 0.25) is 0 Å². The minimum atomic E-state index is -0.926. The van der Waals surface area contributed by atoms with Crippen molar-refractivity contribution in [3.8, 4) is 0 Å². The predicted molar refractivity (Wildman–Crippen MR) is 78.0 cm³/mol. The molecule has 1 aromatic heterocycles. The highest BCUT2D eigenvalue weighted by Crippen LogP contribution is 2.22. The number of carbonyl (C=O) groups excluding carboxylic acids is 1. The molecule has 0 spiro atoms. The Morgan fingerprint density at radius 1 is 1.45 bits per heavy atom. The van der Waals surface area contributed by atoms with E-state index in [-0.39, 0.29) is 17.7 Å². The minimum Gasteiger partial charge on any atom is -0.481 e. The van der Waals surface area contributed by atoms with Gasteiger partial charge in [-0.1, -0.05) is 32.4 Å². The Morgan fingerprint density at radius 3 is 2.45 bits per heavy atom. The molecule has 0 fully saturated rings. The molecule has 0 aromatic carbocycles. The Hall–Kier alpha value is -1.49. The van der Waals surface area contributed by atoms with Gasteiger partial charge < -0.3 is 15.0 Å². The van der Waals surface area contributed by atoms with Gasteiger partial charge in [-0.3, -0.25) is 9.59 Å². The Kier molecular flexibility index (Phi) is 5.22. The van der Waals surface area contributed by atoms with Crippen molar-refractivity contribution >= 4 is 23.5 Å². The SMILES string of the molecule is Cn1cc(Cl)cc1C(=O)NC(CC(=O)O)CC(C)(C)C. The fraction of sp³-hybridized carbons (Fsp3) is 0.571. The van der Waals surface area contributed by atoms with E-state index in [9.17, 15) is 9.59 Å². The topological polar surface area (TPSA) is 71.3 Å². The van der Waals surface area contributed by atoms with Crippen LogP contribution in [0.3, 0.4) is 0 Å². The van der Waals surface area contributed by atoms with Crippen molar-refractivity contribution in [2.24, 2.45) is 12.5 Å². The lowest BCUT2D eigenvalue weighted by molar-refractivity contribution is -0.137. The summed E-state index contributed by atoms with van der Waals surface area (Å²) in [6.07, 6.45) is 2.12. The van der Waals surface area contributed by atoms with Gasteiger partial charge in [-0.05, 0) is 17.9 Å². The van der Waals surface area contributed by atoms with Crippen LogP contribution in [0.2, 0.25) is 5.02 Å². The molecule has 112 valence electrons. The zero-order valence-corrected chi connectivity index (χ0v) is 13.0. The average molecular weight is 301 g/mol. The number of carboxylic acid groups (broad SMARTS) is 1. The maximum absolute atomic E-state index is 12.2. The van der Waals surface area contributed by atoms with Crippen LogP contribution in [0.5, 0.6) is 0 Å². The average Bonchev–Trinajstić information content (AvgIpc) is 2.53. The van der Waals surface area contributed by atoms with E-state index in [0.29, 0.717) is 17.1 Å².